The highest BCUT2D eigenvalue weighted by Crippen LogP contribution is 2.58. The molecule has 3 aliphatic rings. The van der Waals surface area contributed by atoms with Gasteiger partial charge in [0, 0.05) is 6.42 Å². The van der Waals surface area contributed by atoms with Gasteiger partial charge in [0.25, 0.3) is 0 Å². The summed E-state index contributed by atoms with van der Waals surface area (Å²) in [5, 5.41) is 0.204. The number of hydrogen-bond donors (Lipinski definition) is 0. The Hall–Kier alpha value is -1.10. The van der Waals surface area contributed by atoms with Gasteiger partial charge in [-0.2, -0.15) is 0 Å². The highest BCUT2D eigenvalue weighted by molar-refractivity contribution is 6.74. The van der Waals surface area contributed by atoms with E-state index in [4.69, 9.17) is 13.9 Å². The van der Waals surface area contributed by atoms with Crippen LogP contribution in [0.5, 0.6) is 0 Å². The summed E-state index contributed by atoms with van der Waals surface area (Å²) in [4.78, 5) is 0. The van der Waals surface area contributed by atoms with Crippen LogP contribution in [0.3, 0.4) is 0 Å². The molecule has 2 fully saturated rings. The predicted molar refractivity (Wildman–Crippen MR) is 120 cm³/mol. The van der Waals surface area contributed by atoms with Crippen LogP contribution in [-0.2, 0) is 20.5 Å². The van der Waals surface area contributed by atoms with Crippen molar-refractivity contribution in [3.05, 3.63) is 47.7 Å². The smallest absolute Gasteiger partial charge is 0.192 e. The van der Waals surface area contributed by atoms with Crippen molar-refractivity contribution in [2.75, 3.05) is 0 Å². The maximum absolute atomic E-state index is 7.02. The van der Waals surface area contributed by atoms with Crippen molar-refractivity contribution in [1.82, 2.24) is 0 Å². The van der Waals surface area contributed by atoms with Gasteiger partial charge >= 0.3 is 0 Å². The van der Waals surface area contributed by atoms with Crippen LogP contribution in [0.4, 0.5) is 0 Å². The van der Waals surface area contributed by atoms with Crippen molar-refractivity contribution in [3.8, 4) is 0 Å². The van der Waals surface area contributed by atoms with Gasteiger partial charge in [-0.1, -0.05) is 57.5 Å². The molecule has 3 nitrogen and oxygen atoms in total. The van der Waals surface area contributed by atoms with E-state index in [0.717, 1.165) is 25.0 Å². The fraction of sp³-hybridized carbons (Fsp3) is 0.680. The standard InChI is InChI=1S/C25H38O3Si/c1-23(2,3)29(5,6)27-22-14-10-13-20-15-24(4)16-21(17-25(20,22)28-24)26-18-19-11-8-7-9-12-19/h7-9,11-12,16,20,22H,10,13-15,17-18H2,1-6H3. The first-order valence-corrected chi connectivity index (χ1v) is 14.2. The van der Waals surface area contributed by atoms with Crippen molar-refractivity contribution in [2.45, 2.75) is 102 Å². The molecule has 0 aromatic heterocycles. The summed E-state index contributed by atoms with van der Waals surface area (Å²) in [5.41, 5.74) is 0.765. The van der Waals surface area contributed by atoms with Crippen LogP contribution in [0.2, 0.25) is 18.1 Å². The molecule has 4 rings (SSSR count). The monoisotopic (exact) mass is 414 g/mol. The molecule has 2 aliphatic heterocycles. The summed E-state index contributed by atoms with van der Waals surface area (Å²) in [7, 11) is -1.87. The molecule has 2 heterocycles. The van der Waals surface area contributed by atoms with Gasteiger partial charge in [-0.05, 0) is 61.9 Å². The first-order chi connectivity index (χ1) is 13.5. The molecule has 29 heavy (non-hydrogen) atoms. The molecule has 0 amide bonds. The molecule has 1 saturated carbocycles. The Morgan fingerprint density at radius 2 is 1.86 bits per heavy atom. The van der Waals surface area contributed by atoms with Crippen LogP contribution in [0.1, 0.15) is 65.4 Å². The second-order valence-electron chi connectivity index (χ2n) is 11.1. The van der Waals surface area contributed by atoms with Crippen LogP contribution in [-0.4, -0.2) is 25.6 Å². The summed E-state index contributed by atoms with van der Waals surface area (Å²) in [6.45, 7) is 14.6. The molecule has 1 aliphatic carbocycles. The van der Waals surface area contributed by atoms with Gasteiger partial charge in [0.1, 0.15) is 12.2 Å². The number of rotatable bonds is 5. The summed E-state index contributed by atoms with van der Waals surface area (Å²) in [6.07, 6.45) is 7.95. The van der Waals surface area contributed by atoms with E-state index in [0.29, 0.717) is 12.5 Å². The average Bonchev–Trinajstić information content (AvgIpc) is 2.85. The van der Waals surface area contributed by atoms with E-state index < -0.39 is 8.32 Å². The van der Waals surface area contributed by atoms with Crippen LogP contribution in [0.25, 0.3) is 0 Å². The molecular weight excluding hydrogens is 376 g/mol. The van der Waals surface area contributed by atoms with E-state index in [1.54, 1.807) is 0 Å². The van der Waals surface area contributed by atoms with Crippen molar-refractivity contribution in [2.24, 2.45) is 5.92 Å². The van der Waals surface area contributed by atoms with E-state index in [1.165, 1.54) is 18.4 Å². The zero-order chi connectivity index (χ0) is 20.9. The Balaban J connectivity index is 1.57. The minimum absolute atomic E-state index is 0.174. The van der Waals surface area contributed by atoms with Crippen LogP contribution >= 0.6 is 0 Å². The Bertz CT molecular complexity index is 766. The molecule has 0 radical (unpaired) electrons. The Morgan fingerprint density at radius 1 is 1.14 bits per heavy atom. The topological polar surface area (TPSA) is 27.7 Å². The first kappa shape index (κ1) is 21.1. The Morgan fingerprint density at radius 3 is 2.55 bits per heavy atom. The summed E-state index contributed by atoms with van der Waals surface area (Å²) in [5.74, 6) is 1.65. The number of benzene rings is 1. The molecular formula is C25H38O3Si. The minimum Gasteiger partial charge on any atom is -0.493 e. The highest BCUT2D eigenvalue weighted by atomic mass is 28.4. The third-order valence-electron chi connectivity index (χ3n) is 7.76. The van der Waals surface area contributed by atoms with Crippen molar-refractivity contribution < 1.29 is 13.9 Å². The third-order valence-corrected chi connectivity index (χ3v) is 12.2. The summed E-state index contributed by atoms with van der Waals surface area (Å²) in [6, 6.07) is 10.4. The van der Waals surface area contributed by atoms with Gasteiger partial charge in [0.15, 0.2) is 8.32 Å². The Kier molecular flexibility index (Phi) is 5.28. The number of fused-ring (bicyclic) bond motifs is 1. The predicted octanol–water partition coefficient (Wildman–Crippen LogP) is 6.60. The zero-order valence-corrected chi connectivity index (χ0v) is 20.1. The molecule has 1 aromatic rings. The molecule has 4 heteroatoms. The zero-order valence-electron chi connectivity index (χ0n) is 19.1. The lowest BCUT2D eigenvalue weighted by Gasteiger charge is -2.51. The van der Waals surface area contributed by atoms with E-state index >= 15 is 0 Å². The minimum atomic E-state index is -1.87. The number of hydrogen-bond acceptors (Lipinski definition) is 3. The van der Waals surface area contributed by atoms with Crippen LogP contribution in [0.15, 0.2) is 42.2 Å². The SMILES string of the molecule is CC12C=C(OCc3ccccc3)CC3(O1)C(CCCC3O[Si](C)(C)C(C)(C)C)C2. The fourth-order valence-corrected chi connectivity index (χ4v) is 6.65. The van der Waals surface area contributed by atoms with E-state index in [2.05, 4.69) is 71.1 Å². The summed E-state index contributed by atoms with van der Waals surface area (Å²) >= 11 is 0. The molecule has 160 valence electrons. The van der Waals surface area contributed by atoms with E-state index in [9.17, 15) is 0 Å². The van der Waals surface area contributed by atoms with Crippen molar-refractivity contribution in [3.63, 3.8) is 0 Å². The largest absolute Gasteiger partial charge is 0.493 e. The second kappa shape index (κ2) is 7.25. The van der Waals surface area contributed by atoms with Gasteiger partial charge < -0.3 is 13.9 Å². The van der Waals surface area contributed by atoms with Crippen LogP contribution < -0.4 is 0 Å². The highest BCUT2D eigenvalue weighted by Gasteiger charge is 2.62. The fourth-order valence-electron chi connectivity index (χ4n) is 5.27. The summed E-state index contributed by atoms with van der Waals surface area (Å²) < 4.78 is 20.2. The van der Waals surface area contributed by atoms with Gasteiger partial charge in [-0.15, -0.1) is 0 Å². The lowest BCUT2D eigenvalue weighted by molar-refractivity contribution is -0.171. The Labute approximate surface area is 178 Å². The average molecular weight is 415 g/mol. The number of ether oxygens (including phenoxy) is 2. The van der Waals surface area contributed by atoms with Crippen LogP contribution in [0, 0.1) is 5.92 Å². The van der Waals surface area contributed by atoms with Crippen molar-refractivity contribution >= 4 is 8.32 Å². The van der Waals surface area contributed by atoms with Gasteiger partial charge in [-0.3, -0.25) is 0 Å². The molecule has 1 saturated heterocycles. The lowest BCUT2D eigenvalue weighted by atomic mass is 9.71. The third kappa shape index (κ3) is 3.96. The van der Waals surface area contributed by atoms with Crippen molar-refractivity contribution in [1.29, 1.82) is 0 Å². The molecule has 4 unspecified atom stereocenters. The van der Waals surface area contributed by atoms with Gasteiger partial charge in [0.05, 0.1) is 17.5 Å². The maximum Gasteiger partial charge on any atom is 0.192 e. The van der Waals surface area contributed by atoms with Gasteiger partial charge in [0.2, 0.25) is 0 Å². The molecule has 2 bridgehead atoms. The molecule has 1 aromatic carbocycles. The molecule has 0 N–H and O–H groups in total. The van der Waals surface area contributed by atoms with E-state index in [1.807, 2.05) is 6.07 Å². The first-order valence-electron chi connectivity index (χ1n) is 11.3. The quantitative estimate of drug-likeness (QED) is 0.508. The maximum atomic E-state index is 7.02. The molecule has 1 spiro atoms. The second-order valence-corrected chi connectivity index (χ2v) is 15.9. The molecule has 4 atom stereocenters. The van der Waals surface area contributed by atoms with Gasteiger partial charge in [-0.25, -0.2) is 0 Å². The van der Waals surface area contributed by atoms with E-state index in [-0.39, 0.29) is 22.3 Å². The lowest BCUT2D eigenvalue weighted by Crippen LogP contribution is -2.58. The normalized spacial score (nSPS) is 34.5.